The standard InChI is InChI=1S/C10H12N2O3/c1-2-15-9(14)6-8(13)7-4-3-5-12-10(7)11/h3-5H,2,6H2,1H3,(H2,11,12). The highest BCUT2D eigenvalue weighted by molar-refractivity contribution is 6.08. The Morgan fingerprint density at radius 1 is 1.53 bits per heavy atom. The van der Waals surface area contributed by atoms with Gasteiger partial charge in [0.05, 0.1) is 12.2 Å². The van der Waals surface area contributed by atoms with Crippen LogP contribution in [0, 0.1) is 0 Å². The molecule has 0 radical (unpaired) electrons. The molecule has 0 bridgehead atoms. The van der Waals surface area contributed by atoms with E-state index in [0.717, 1.165) is 0 Å². The topological polar surface area (TPSA) is 82.3 Å². The summed E-state index contributed by atoms with van der Waals surface area (Å²) in [5, 5.41) is 0. The van der Waals surface area contributed by atoms with Crippen molar-refractivity contribution in [2.75, 3.05) is 12.3 Å². The van der Waals surface area contributed by atoms with Gasteiger partial charge in [0.1, 0.15) is 12.2 Å². The van der Waals surface area contributed by atoms with Crippen LogP contribution in [0.3, 0.4) is 0 Å². The quantitative estimate of drug-likeness (QED) is 0.449. The second kappa shape index (κ2) is 5.09. The number of ether oxygens (including phenoxy) is 1. The molecule has 0 aromatic carbocycles. The van der Waals surface area contributed by atoms with Gasteiger partial charge in [0.2, 0.25) is 0 Å². The summed E-state index contributed by atoms with van der Waals surface area (Å²) in [5.41, 5.74) is 5.74. The summed E-state index contributed by atoms with van der Waals surface area (Å²) in [6.07, 6.45) is 1.18. The molecule has 1 aromatic heterocycles. The molecular weight excluding hydrogens is 196 g/mol. The third-order valence-electron chi connectivity index (χ3n) is 1.75. The highest BCUT2D eigenvalue weighted by Gasteiger charge is 2.15. The van der Waals surface area contributed by atoms with Crippen molar-refractivity contribution in [3.63, 3.8) is 0 Å². The lowest BCUT2D eigenvalue weighted by molar-refractivity contribution is -0.141. The lowest BCUT2D eigenvalue weighted by Gasteiger charge is -2.03. The van der Waals surface area contributed by atoms with Gasteiger partial charge < -0.3 is 10.5 Å². The van der Waals surface area contributed by atoms with Gasteiger partial charge in [0.25, 0.3) is 0 Å². The fourth-order valence-electron chi connectivity index (χ4n) is 1.09. The number of nitrogens with zero attached hydrogens (tertiary/aromatic N) is 1. The largest absolute Gasteiger partial charge is 0.466 e. The minimum absolute atomic E-state index is 0.131. The van der Waals surface area contributed by atoms with Gasteiger partial charge in [-0.3, -0.25) is 9.59 Å². The summed E-state index contributed by atoms with van der Waals surface area (Å²) in [7, 11) is 0. The summed E-state index contributed by atoms with van der Waals surface area (Å²) in [6, 6.07) is 3.12. The third-order valence-corrected chi connectivity index (χ3v) is 1.75. The molecule has 0 aliphatic rings. The Bertz CT molecular complexity index is 377. The molecule has 5 heteroatoms. The SMILES string of the molecule is CCOC(=O)CC(=O)c1cccnc1N. The van der Waals surface area contributed by atoms with E-state index in [1.54, 1.807) is 13.0 Å². The molecule has 0 unspecified atom stereocenters. The number of Topliss-reactive ketones (excluding diaryl/α,β-unsaturated/α-hetero) is 1. The number of nitrogens with two attached hydrogens (primary N) is 1. The van der Waals surface area contributed by atoms with Crippen LogP contribution in [-0.4, -0.2) is 23.3 Å². The van der Waals surface area contributed by atoms with Gasteiger partial charge in [-0.1, -0.05) is 0 Å². The second-order valence-electron chi connectivity index (χ2n) is 2.84. The van der Waals surface area contributed by atoms with E-state index in [0.29, 0.717) is 0 Å². The van der Waals surface area contributed by atoms with E-state index in [2.05, 4.69) is 9.72 Å². The van der Waals surface area contributed by atoms with Crippen molar-refractivity contribution in [1.29, 1.82) is 0 Å². The number of aromatic nitrogens is 1. The van der Waals surface area contributed by atoms with Crippen LogP contribution in [0.4, 0.5) is 5.82 Å². The fraction of sp³-hybridized carbons (Fsp3) is 0.300. The number of pyridine rings is 1. The average molecular weight is 208 g/mol. The van der Waals surface area contributed by atoms with Crippen LogP contribution in [0.25, 0.3) is 0 Å². The fourth-order valence-corrected chi connectivity index (χ4v) is 1.09. The number of esters is 1. The molecule has 1 rings (SSSR count). The summed E-state index contributed by atoms with van der Waals surface area (Å²) in [4.78, 5) is 26.3. The van der Waals surface area contributed by atoms with Crippen LogP contribution in [0.1, 0.15) is 23.7 Å². The van der Waals surface area contributed by atoms with Gasteiger partial charge in [0.15, 0.2) is 5.78 Å². The number of hydrogen-bond donors (Lipinski definition) is 1. The summed E-state index contributed by atoms with van der Waals surface area (Å²) >= 11 is 0. The highest BCUT2D eigenvalue weighted by Crippen LogP contribution is 2.10. The zero-order chi connectivity index (χ0) is 11.3. The van der Waals surface area contributed by atoms with E-state index in [1.807, 2.05) is 0 Å². The predicted molar refractivity (Wildman–Crippen MR) is 54.2 cm³/mol. The molecule has 0 fully saturated rings. The number of ketones is 1. The van der Waals surface area contributed by atoms with Gasteiger partial charge in [0, 0.05) is 6.20 Å². The van der Waals surface area contributed by atoms with Crippen molar-refractivity contribution in [2.24, 2.45) is 0 Å². The number of hydrogen-bond acceptors (Lipinski definition) is 5. The first-order valence-corrected chi connectivity index (χ1v) is 4.54. The van der Waals surface area contributed by atoms with E-state index in [4.69, 9.17) is 5.73 Å². The number of carbonyl (C=O) groups is 2. The maximum absolute atomic E-state index is 11.5. The number of carbonyl (C=O) groups excluding carboxylic acids is 2. The second-order valence-corrected chi connectivity index (χ2v) is 2.84. The predicted octanol–water partition coefficient (Wildman–Crippen LogP) is 0.800. The van der Waals surface area contributed by atoms with Gasteiger partial charge in [-0.15, -0.1) is 0 Å². The van der Waals surface area contributed by atoms with Crippen molar-refractivity contribution in [3.05, 3.63) is 23.9 Å². The molecule has 0 aliphatic heterocycles. The minimum atomic E-state index is -0.550. The normalized spacial score (nSPS) is 9.67. The van der Waals surface area contributed by atoms with Crippen molar-refractivity contribution >= 4 is 17.6 Å². The van der Waals surface area contributed by atoms with Gasteiger partial charge in [-0.2, -0.15) is 0 Å². The first-order chi connectivity index (χ1) is 7.15. The molecule has 0 atom stereocenters. The molecule has 0 aliphatic carbocycles. The molecule has 15 heavy (non-hydrogen) atoms. The molecule has 2 N–H and O–H groups in total. The molecule has 0 saturated carbocycles. The Morgan fingerprint density at radius 3 is 2.87 bits per heavy atom. The van der Waals surface area contributed by atoms with E-state index in [9.17, 15) is 9.59 Å². The van der Waals surface area contributed by atoms with Crippen LogP contribution in [-0.2, 0) is 9.53 Å². The number of nitrogen functional groups attached to an aromatic ring is 1. The minimum Gasteiger partial charge on any atom is -0.466 e. The van der Waals surface area contributed by atoms with Gasteiger partial charge >= 0.3 is 5.97 Å². The van der Waals surface area contributed by atoms with Crippen LogP contribution < -0.4 is 5.73 Å². The first-order valence-electron chi connectivity index (χ1n) is 4.54. The van der Waals surface area contributed by atoms with Gasteiger partial charge in [-0.25, -0.2) is 4.98 Å². The third kappa shape index (κ3) is 3.05. The summed E-state index contributed by atoms with van der Waals surface area (Å²) in [5.74, 6) is -0.795. The van der Waals surface area contributed by atoms with Crippen LogP contribution in [0.2, 0.25) is 0 Å². The van der Waals surface area contributed by atoms with Crippen LogP contribution in [0.5, 0.6) is 0 Å². The smallest absolute Gasteiger partial charge is 0.313 e. The van der Waals surface area contributed by atoms with E-state index in [1.165, 1.54) is 12.3 Å². The molecule has 0 amide bonds. The van der Waals surface area contributed by atoms with Crippen molar-refractivity contribution < 1.29 is 14.3 Å². The lowest BCUT2D eigenvalue weighted by atomic mass is 10.1. The Morgan fingerprint density at radius 2 is 2.27 bits per heavy atom. The monoisotopic (exact) mass is 208 g/mol. The molecule has 5 nitrogen and oxygen atoms in total. The maximum Gasteiger partial charge on any atom is 0.313 e. The van der Waals surface area contributed by atoms with Crippen molar-refractivity contribution in [1.82, 2.24) is 4.98 Å². The van der Waals surface area contributed by atoms with Crippen LogP contribution >= 0.6 is 0 Å². The number of rotatable bonds is 4. The van der Waals surface area contributed by atoms with E-state index >= 15 is 0 Å². The Balaban J connectivity index is 2.70. The Labute approximate surface area is 87.3 Å². The Kier molecular flexibility index (Phi) is 3.79. The Hall–Kier alpha value is -1.91. The van der Waals surface area contributed by atoms with Crippen molar-refractivity contribution in [2.45, 2.75) is 13.3 Å². The molecule has 0 saturated heterocycles. The molecule has 80 valence electrons. The molecule has 1 aromatic rings. The highest BCUT2D eigenvalue weighted by atomic mass is 16.5. The van der Waals surface area contributed by atoms with Gasteiger partial charge in [-0.05, 0) is 19.1 Å². The number of anilines is 1. The molecule has 1 heterocycles. The molecular formula is C10H12N2O3. The van der Waals surface area contributed by atoms with E-state index in [-0.39, 0.29) is 30.2 Å². The zero-order valence-electron chi connectivity index (χ0n) is 8.40. The van der Waals surface area contributed by atoms with E-state index < -0.39 is 5.97 Å². The maximum atomic E-state index is 11.5. The lowest BCUT2D eigenvalue weighted by Crippen LogP contribution is -2.13. The first kappa shape index (κ1) is 11.2. The van der Waals surface area contributed by atoms with Crippen LogP contribution in [0.15, 0.2) is 18.3 Å². The average Bonchev–Trinajstić information content (AvgIpc) is 2.18. The zero-order valence-corrected chi connectivity index (χ0v) is 8.40. The summed E-state index contributed by atoms with van der Waals surface area (Å²) < 4.78 is 4.65. The molecule has 0 spiro atoms. The van der Waals surface area contributed by atoms with Crippen molar-refractivity contribution in [3.8, 4) is 0 Å². The summed E-state index contributed by atoms with van der Waals surface area (Å²) in [6.45, 7) is 1.94.